The van der Waals surface area contributed by atoms with Gasteiger partial charge in [-0.15, -0.1) is 0 Å². The van der Waals surface area contributed by atoms with Crippen LogP contribution < -0.4 is 10.1 Å². The van der Waals surface area contributed by atoms with Gasteiger partial charge < -0.3 is 4.74 Å². The summed E-state index contributed by atoms with van der Waals surface area (Å²) in [5.74, 6) is 0.468. The first-order chi connectivity index (χ1) is 10.6. The van der Waals surface area contributed by atoms with Crippen LogP contribution in [0.3, 0.4) is 0 Å². The molecule has 0 saturated heterocycles. The lowest BCUT2D eigenvalue weighted by Gasteiger charge is -2.03. The summed E-state index contributed by atoms with van der Waals surface area (Å²) < 4.78 is 6.24. The Balaban J connectivity index is 1.89. The average Bonchev–Trinajstić information content (AvgIpc) is 2.90. The number of benzene rings is 2. The molecule has 0 atom stereocenters. The number of hydrogen-bond acceptors (Lipinski definition) is 4. The van der Waals surface area contributed by atoms with E-state index in [2.05, 4.69) is 23.3 Å². The molecule has 0 fully saturated rings. The second-order valence-corrected chi connectivity index (χ2v) is 6.13. The SMILES string of the molecule is COc1cccc(C(=O)Nc2nc3cc(C)cc(C)c3s2)c1. The number of amides is 1. The first kappa shape index (κ1) is 14.5. The highest BCUT2D eigenvalue weighted by Crippen LogP contribution is 2.30. The molecule has 5 heteroatoms. The monoisotopic (exact) mass is 312 g/mol. The van der Waals surface area contributed by atoms with Crippen molar-refractivity contribution in [3.63, 3.8) is 0 Å². The second-order valence-electron chi connectivity index (χ2n) is 5.14. The van der Waals surface area contributed by atoms with Crippen molar-refractivity contribution in [3.8, 4) is 5.75 Å². The van der Waals surface area contributed by atoms with Crippen molar-refractivity contribution in [1.29, 1.82) is 0 Å². The number of ether oxygens (including phenoxy) is 1. The maximum absolute atomic E-state index is 12.3. The summed E-state index contributed by atoms with van der Waals surface area (Å²) in [6.45, 7) is 4.10. The second kappa shape index (κ2) is 5.77. The lowest BCUT2D eigenvalue weighted by molar-refractivity contribution is 0.102. The lowest BCUT2D eigenvalue weighted by atomic mass is 10.1. The number of fused-ring (bicyclic) bond motifs is 1. The number of hydrogen-bond donors (Lipinski definition) is 1. The minimum atomic E-state index is -0.188. The van der Waals surface area contributed by atoms with Gasteiger partial charge in [0.25, 0.3) is 5.91 Å². The zero-order valence-electron chi connectivity index (χ0n) is 12.6. The van der Waals surface area contributed by atoms with Gasteiger partial charge >= 0.3 is 0 Å². The fourth-order valence-corrected chi connectivity index (χ4v) is 3.27. The number of carbonyl (C=O) groups is 1. The zero-order chi connectivity index (χ0) is 15.7. The van der Waals surface area contributed by atoms with Crippen LogP contribution in [-0.2, 0) is 0 Å². The van der Waals surface area contributed by atoms with Crippen molar-refractivity contribution in [2.75, 3.05) is 12.4 Å². The molecule has 4 nitrogen and oxygen atoms in total. The van der Waals surface area contributed by atoms with Crippen molar-refractivity contribution in [3.05, 3.63) is 53.1 Å². The Morgan fingerprint density at radius 3 is 2.82 bits per heavy atom. The summed E-state index contributed by atoms with van der Waals surface area (Å²) in [5, 5.41) is 3.47. The molecule has 0 saturated carbocycles. The molecule has 0 radical (unpaired) electrons. The van der Waals surface area contributed by atoms with Crippen LogP contribution in [0.15, 0.2) is 36.4 Å². The number of methoxy groups -OCH3 is 1. The summed E-state index contributed by atoms with van der Waals surface area (Å²) in [4.78, 5) is 16.8. The molecule has 112 valence electrons. The Labute approximate surface area is 132 Å². The largest absolute Gasteiger partial charge is 0.497 e. The molecular weight excluding hydrogens is 296 g/mol. The minimum absolute atomic E-state index is 0.188. The number of nitrogens with one attached hydrogen (secondary N) is 1. The molecule has 1 aromatic heterocycles. The number of thiazole rings is 1. The molecule has 0 unspecified atom stereocenters. The molecule has 2 aromatic carbocycles. The third-order valence-electron chi connectivity index (χ3n) is 3.37. The van der Waals surface area contributed by atoms with Crippen LogP contribution in [-0.4, -0.2) is 18.0 Å². The molecule has 1 heterocycles. The Morgan fingerprint density at radius 2 is 2.05 bits per heavy atom. The molecule has 0 aliphatic rings. The van der Waals surface area contributed by atoms with Crippen molar-refractivity contribution < 1.29 is 9.53 Å². The van der Waals surface area contributed by atoms with E-state index < -0.39 is 0 Å². The van der Waals surface area contributed by atoms with Crippen LogP contribution in [0.1, 0.15) is 21.5 Å². The maximum Gasteiger partial charge on any atom is 0.257 e. The lowest BCUT2D eigenvalue weighted by Crippen LogP contribution is -2.11. The van der Waals surface area contributed by atoms with E-state index in [1.54, 1.807) is 31.4 Å². The van der Waals surface area contributed by atoms with Gasteiger partial charge in [0.15, 0.2) is 5.13 Å². The molecule has 1 amide bonds. The maximum atomic E-state index is 12.3. The molecule has 22 heavy (non-hydrogen) atoms. The van der Waals surface area contributed by atoms with Crippen LogP contribution in [0, 0.1) is 13.8 Å². The van der Waals surface area contributed by atoms with Gasteiger partial charge in [-0.05, 0) is 49.2 Å². The number of aromatic nitrogens is 1. The number of carbonyl (C=O) groups excluding carboxylic acids is 1. The number of rotatable bonds is 3. The van der Waals surface area contributed by atoms with Crippen LogP contribution >= 0.6 is 11.3 Å². The van der Waals surface area contributed by atoms with E-state index in [4.69, 9.17) is 4.74 Å². The van der Waals surface area contributed by atoms with Gasteiger partial charge in [-0.25, -0.2) is 4.98 Å². The van der Waals surface area contributed by atoms with E-state index in [0.717, 1.165) is 10.2 Å². The summed E-state index contributed by atoms with van der Waals surface area (Å²) in [5.41, 5.74) is 3.81. The Kier molecular flexibility index (Phi) is 3.81. The molecule has 3 aromatic rings. The summed E-state index contributed by atoms with van der Waals surface area (Å²) in [7, 11) is 1.58. The van der Waals surface area contributed by atoms with Gasteiger partial charge in [0, 0.05) is 5.56 Å². The molecule has 0 bridgehead atoms. The predicted molar refractivity (Wildman–Crippen MR) is 90.0 cm³/mol. The van der Waals surface area contributed by atoms with Gasteiger partial charge in [0.1, 0.15) is 5.75 Å². The average molecular weight is 312 g/mol. The van der Waals surface area contributed by atoms with Gasteiger partial charge in [0.05, 0.1) is 17.3 Å². The highest BCUT2D eigenvalue weighted by molar-refractivity contribution is 7.22. The van der Waals surface area contributed by atoms with E-state index in [9.17, 15) is 4.79 Å². The standard InChI is InChI=1S/C17H16N2O2S/c1-10-7-11(2)15-14(8-10)18-17(22-15)19-16(20)12-5-4-6-13(9-12)21-3/h4-9H,1-3H3,(H,18,19,20). The molecule has 0 aliphatic heterocycles. The fraction of sp³-hybridized carbons (Fsp3) is 0.176. The van der Waals surface area contributed by atoms with Gasteiger partial charge in [-0.3, -0.25) is 10.1 Å². The minimum Gasteiger partial charge on any atom is -0.497 e. The molecule has 0 aliphatic carbocycles. The van der Waals surface area contributed by atoms with E-state index in [0.29, 0.717) is 16.4 Å². The normalized spacial score (nSPS) is 10.7. The first-order valence-electron chi connectivity index (χ1n) is 6.90. The van der Waals surface area contributed by atoms with Gasteiger partial charge in [0.2, 0.25) is 0 Å². The van der Waals surface area contributed by atoms with Crippen LogP contribution in [0.4, 0.5) is 5.13 Å². The quantitative estimate of drug-likeness (QED) is 0.789. The third kappa shape index (κ3) is 2.80. The Bertz CT molecular complexity index is 855. The van der Waals surface area contributed by atoms with Crippen molar-refractivity contribution in [2.45, 2.75) is 13.8 Å². The van der Waals surface area contributed by atoms with E-state index in [-0.39, 0.29) is 5.91 Å². The molecule has 0 spiro atoms. The Hall–Kier alpha value is -2.40. The summed E-state index contributed by atoms with van der Waals surface area (Å²) in [6, 6.07) is 11.2. The van der Waals surface area contributed by atoms with Gasteiger partial charge in [-0.2, -0.15) is 0 Å². The number of nitrogens with zero attached hydrogens (tertiary/aromatic N) is 1. The van der Waals surface area contributed by atoms with E-state index >= 15 is 0 Å². The van der Waals surface area contributed by atoms with Crippen molar-refractivity contribution >= 4 is 32.6 Å². The predicted octanol–water partition coefficient (Wildman–Crippen LogP) is 4.17. The summed E-state index contributed by atoms with van der Waals surface area (Å²) >= 11 is 1.49. The molecular formula is C17H16N2O2S. The van der Waals surface area contributed by atoms with E-state index in [1.165, 1.54) is 22.5 Å². The smallest absolute Gasteiger partial charge is 0.257 e. The van der Waals surface area contributed by atoms with E-state index in [1.807, 2.05) is 13.0 Å². The fourth-order valence-electron chi connectivity index (χ4n) is 2.36. The van der Waals surface area contributed by atoms with Crippen molar-refractivity contribution in [2.24, 2.45) is 0 Å². The first-order valence-corrected chi connectivity index (χ1v) is 7.71. The van der Waals surface area contributed by atoms with Gasteiger partial charge in [-0.1, -0.05) is 23.5 Å². The van der Waals surface area contributed by atoms with Crippen LogP contribution in [0.5, 0.6) is 5.75 Å². The van der Waals surface area contributed by atoms with Crippen LogP contribution in [0.25, 0.3) is 10.2 Å². The topological polar surface area (TPSA) is 51.2 Å². The molecule has 1 N–H and O–H groups in total. The number of aryl methyl sites for hydroxylation is 2. The highest BCUT2D eigenvalue weighted by atomic mass is 32.1. The highest BCUT2D eigenvalue weighted by Gasteiger charge is 2.12. The van der Waals surface area contributed by atoms with Crippen LogP contribution in [0.2, 0.25) is 0 Å². The number of anilines is 1. The summed E-state index contributed by atoms with van der Waals surface area (Å²) in [6.07, 6.45) is 0. The zero-order valence-corrected chi connectivity index (χ0v) is 13.5. The van der Waals surface area contributed by atoms with Crippen molar-refractivity contribution in [1.82, 2.24) is 4.98 Å². The third-order valence-corrected chi connectivity index (χ3v) is 4.49. The Morgan fingerprint density at radius 1 is 1.23 bits per heavy atom. The molecule has 3 rings (SSSR count).